The van der Waals surface area contributed by atoms with Gasteiger partial charge in [0.25, 0.3) is 0 Å². The van der Waals surface area contributed by atoms with E-state index in [1.807, 2.05) is 0 Å². The van der Waals surface area contributed by atoms with Gasteiger partial charge >= 0.3 is 45.1 Å². The summed E-state index contributed by atoms with van der Waals surface area (Å²) in [6.07, 6.45) is 0. The zero-order valence-electron chi connectivity index (χ0n) is 18.5. The molecular formula is C18H31O11P. The molecule has 0 rings (SSSR count). The van der Waals surface area contributed by atoms with Crippen LogP contribution in [0.1, 0.15) is 55.4 Å². The summed E-state index contributed by atoms with van der Waals surface area (Å²) in [7, 11) is -3.63. The molecule has 0 aromatic rings. The van der Waals surface area contributed by atoms with Crippen LogP contribution in [0.5, 0.6) is 0 Å². The average molecular weight is 454 g/mol. The Bertz CT molecular complexity index is 532. The fourth-order valence-corrected chi connectivity index (χ4v) is 1.82. The first-order chi connectivity index (χ1) is 13.7. The molecule has 0 atom stereocenters. The first-order valence-electron chi connectivity index (χ1n) is 9.43. The lowest BCUT2D eigenvalue weighted by atomic mass is 10.2. The van der Waals surface area contributed by atoms with E-state index >= 15 is 0 Å². The standard InChI is InChI=1S/C18H31O11P/c1-9(2)13(19)24-17(25-14(20)10(3)4)28-30(23)29-18(26-15(21)11(5)6)27-16(22)12(7)8/h9-12,17-18,30H,1-8H3. The molecule has 0 saturated heterocycles. The van der Waals surface area contributed by atoms with Gasteiger partial charge in [0.1, 0.15) is 0 Å². The van der Waals surface area contributed by atoms with Gasteiger partial charge in [-0.3, -0.25) is 23.7 Å². The minimum atomic E-state index is -3.63. The van der Waals surface area contributed by atoms with Crippen molar-refractivity contribution in [2.24, 2.45) is 23.7 Å². The summed E-state index contributed by atoms with van der Waals surface area (Å²) in [4.78, 5) is 47.1. The second-order valence-electron chi connectivity index (χ2n) is 7.43. The molecule has 0 aromatic carbocycles. The predicted molar refractivity (Wildman–Crippen MR) is 102 cm³/mol. The SMILES string of the molecule is CC(C)C(=O)OC(OC(=O)C(C)C)O[PH](=O)OC(OC(=O)C(C)C)OC(=O)C(C)C. The Morgan fingerprint density at radius 2 is 0.700 bits per heavy atom. The van der Waals surface area contributed by atoms with Crippen LogP contribution >= 0.6 is 8.25 Å². The molecule has 0 radical (unpaired) electrons. The van der Waals surface area contributed by atoms with Crippen LogP contribution in [0.15, 0.2) is 0 Å². The quantitative estimate of drug-likeness (QED) is 0.244. The monoisotopic (exact) mass is 454 g/mol. The molecule has 0 amide bonds. The van der Waals surface area contributed by atoms with Crippen molar-refractivity contribution in [3.63, 3.8) is 0 Å². The zero-order valence-corrected chi connectivity index (χ0v) is 19.5. The molecule has 0 N–H and O–H groups in total. The molecule has 0 fully saturated rings. The van der Waals surface area contributed by atoms with Crippen LogP contribution in [0.25, 0.3) is 0 Å². The van der Waals surface area contributed by atoms with Crippen molar-refractivity contribution in [2.45, 2.75) is 68.3 Å². The first-order valence-corrected chi connectivity index (χ1v) is 10.7. The molecule has 0 aliphatic heterocycles. The fourth-order valence-electron chi connectivity index (χ4n) is 1.25. The molecule has 0 spiro atoms. The maximum absolute atomic E-state index is 12.2. The summed E-state index contributed by atoms with van der Waals surface area (Å²) >= 11 is 0. The van der Waals surface area contributed by atoms with Crippen LogP contribution in [-0.2, 0) is 51.7 Å². The van der Waals surface area contributed by atoms with Crippen molar-refractivity contribution >= 4 is 32.1 Å². The van der Waals surface area contributed by atoms with Crippen LogP contribution in [0.2, 0.25) is 0 Å². The summed E-state index contributed by atoms with van der Waals surface area (Å²) in [5, 5.41) is 0. The lowest BCUT2D eigenvalue weighted by molar-refractivity contribution is -0.253. The molecule has 0 aliphatic rings. The highest BCUT2D eigenvalue weighted by Crippen LogP contribution is 2.31. The second kappa shape index (κ2) is 13.4. The van der Waals surface area contributed by atoms with E-state index in [0.29, 0.717) is 0 Å². The van der Waals surface area contributed by atoms with Crippen molar-refractivity contribution in [2.75, 3.05) is 0 Å². The number of hydrogen-bond acceptors (Lipinski definition) is 11. The van der Waals surface area contributed by atoms with E-state index in [0.717, 1.165) is 0 Å². The van der Waals surface area contributed by atoms with Crippen molar-refractivity contribution in [1.29, 1.82) is 0 Å². The summed E-state index contributed by atoms with van der Waals surface area (Å²) in [6, 6.07) is 0. The summed E-state index contributed by atoms with van der Waals surface area (Å²) in [6.45, 7) is 8.25. The average Bonchev–Trinajstić information content (AvgIpc) is 2.60. The maximum atomic E-state index is 12.2. The normalized spacial score (nSPS) is 11.7. The van der Waals surface area contributed by atoms with Crippen LogP contribution < -0.4 is 0 Å². The number of carbonyl (C=O) groups is 4. The van der Waals surface area contributed by atoms with Crippen molar-refractivity contribution < 1.29 is 51.7 Å². The molecule has 174 valence electrons. The third-order valence-corrected chi connectivity index (χ3v) is 3.89. The molecule has 0 aliphatic carbocycles. The van der Waals surface area contributed by atoms with E-state index in [1.54, 1.807) is 0 Å². The molecule has 30 heavy (non-hydrogen) atoms. The highest BCUT2D eigenvalue weighted by Gasteiger charge is 2.29. The van der Waals surface area contributed by atoms with Crippen molar-refractivity contribution in [1.82, 2.24) is 0 Å². The Labute approximate surface area is 176 Å². The van der Waals surface area contributed by atoms with Crippen LogP contribution in [0.4, 0.5) is 0 Å². The summed E-state index contributed by atoms with van der Waals surface area (Å²) in [5.74, 6) is -5.54. The smallest absolute Gasteiger partial charge is 0.371 e. The number of carbonyl (C=O) groups excluding carboxylic acids is 4. The molecule has 0 bridgehead atoms. The van der Waals surface area contributed by atoms with Gasteiger partial charge in [0, 0.05) is 0 Å². The second-order valence-corrected chi connectivity index (χ2v) is 8.40. The number of rotatable bonds is 12. The van der Waals surface area contributed by atoms with Gasteiger partial charge in [-0.25, -0.2) is 9.05 Å². The minimum absolute atomic E-state index is 0.594. The van der Waals surface area contributed by atoms with E-state index in [4.69, 9.17) is 28.0 Å². The van der Waals surface area contributed by atoms with Gasteiger partial charge in [0.2, 0.25) is 0 Å². The Balaban J connectivity index is 5.27. The van der Waals surface area contributed by atoms with Crippen LogP contribution in [-0.4, -0.2) is 36.8 Å². The van der Waals surface area contributed by atoms with E-state index in [1.165, 1.54) is 55.4 Å². The highest BCUT2D eigenvalue weighted by atomic mass is 31.1. The Kier molecular flexibility index (Phi) is 12.5. The molecule has 0 unspecified atom stereocenters. The lowest BCUT2D eigenvalue weighted by Crippen LogP contribution is -2.31. The highest BCUT2D eigenvalue weighted by molar-refractivity contribution is 7.33. The largest absolute Gasteiger partial charge is 0.400 e. The van der Waals surface area contributed by atoms with Gasteiger partial charge < -0.3 is 18.9 Å². The van der Waals surface area contributed by atoms with Gasteiger partial charge in [0.15, 0.2) is 0 Å². The van der Waals surface area contributed by atoms with E-state index in [2.05, 4.69) is 0 Å². The van der Waals surface area contributed by atoms with E-state index in [-0.39, 0.29) is 0 Å². The maximum Gasteiger partial charge on any atom is 0.371 e. The van der Waals surface area contributed by atoms with Gasteiger partial charge in [-0.1, -0.05) is 55.4 Å². The van der Waals surface area contributed by atoms with Gasteiger partial charge in [-0.15, -0.1) is 0 Å². The third-order valence-electron chi connectivity index (χ3n) is 3.12. The summed E-state index contributed by atoms with van der Waals surface area (Å²) < 4.78 is 41.4. The van der Waals surface area contributed by atoms with Crippen LogP contribution in [0.3, 0.4) is 0 Å². The molecule has 0 saturated carbocycles. The number of hydrogen-bond donors (Lipinski definition) is 0. The van der Waals surface area contributed by atoms with Crippen molar-refractivity contribution in [3.05, 3.63) is 0 Å². The van der Waals surface area contributed by atoms with Crippen molar-refractivity contribution in [3.8, 4) is 0 Å². The molecule has 0 heterocycles. The first kappa shape index (κ1) is 28.0. The van der Waals surface area contributed by atoms with Gasteiger partial charge in [-0.2, -0.15) is 0 Å². The Morgan fingerprint density at radius 1 is 0.500 bits per heavy atom. The molecule has 0 aromatic heterocycles. The topological polar surface area (TPSA) is 141 Å². The van der Waals surface area contributed by atoms with Gasteiger partial charge in [-0.05, 0) is 0 Å². The third kappa shape index (κ3) is 11.3. The van der Waals surface area contributed by atoms with Gasteiger partial charge in [0.05, 0.1) is 23.7 Å². The zero-order chi connectivity index (χ0) is 23.6. The summed E-state index contributed by atoms with van der Waals surface area (Å²) in [5.41, 5.74) is 0. The molecule has 11 nitrogen and oxygen atoms in total. The molecule has 12 heteroatoms. The fraction of sp³-hybridized carbons (Fsp3) is 0.778. The number of esters is 4. The predicted octanol–water partition coefficient (Wildman–Crippen LogP) is 2.77. The number of ether oxygens (including phenoxy) is 4. The lowest BCUT2D eigenvalue weighted by Gasteiger charge is -2.22. The Hall–Kier alpha value is -1.97. The van der Waals surface area contributed by atoms with E-state index in [9.17, 15) is 23.7 Å². The van der Waals surface area contributed by atoms with Crippen LogP contribution in [0, 0.1) is 23.7 Å². The minimum Gasteiger partial charge on any atom is -0.400 e. The Morgan fingerprint density at radius 3 is 0.867 bits per heavy atom. The van der Waals surface area contributed by atoms with E-state index < -0.39 is 68.8 Å². The molecular weight excluding hydrogens is 423 g/mol.